The summed E-state index contributed by atoms with van der Waals surface area (Å²) < 4.78 is 27.0. The summed E-state index contributed by atoms with van der Waals surface area (Å²) in [6, 6.07) is 6.57. The maximum absolute atomic E-state index is 13.2. The molecular weight excluding hydrogens is 366 g/mol. The number of hydrogen-bond donors (Lipinski definition) is 2. The average molecular weight is 392 g/mol. The first-order valence-electron chi connectivity index (χ1n) is 9.33. The molecule has 0 aliphatic carbocycles. The highest BCUT2D eigenvalue weighted by molar-refractivity contribution is 5.97. The second-order valence-corrected chi connectivity index (χ2v) is 6.99. The number of nitrogens with two attached hydrogens (primary N) is 1. The number of carbonyl (C=O) groups excluding carboxylic acids is 2. The lowest BCUT2D eigenvalue weighted by Gasteiger charge is -2.19. The number of nitrogens with one attached hydrogen (secondary N) is 1. The van der Waals surface area contributed by atoms with Crippen LogP contribution in [0.15, 0.2) is 30.3 Å². The summed E-state index contributed by atoms with van der Waals surface area (Å²) in [6.45, 7) is 3.61. The molecule has 152 valence electrons. The van der Waals surface area contributed by atoms with Crippen molar-refractivity contribution < 1.29 is 18.4 Å². The van der Waals surface area contributed by atoms with Crippen LogP contribution in [0.4, 0.5) is 8.78 Å². The average Bonchev–Trinajstić information content (AvgIpc) is 3.07. The molecule has 0 bridgehead atoms. The van der Waals surface area contributed by atoms with Gasteiger partial charge < -0.3 is 11.1 Å². The van der Waals surface area contributed by atoms with E-state index >= 15 is 0 Å². The van der Waals surface area contributed by atoms with E-state index in [0.717, 1.165) is 0 Å². The van der Waals surface area contributed by atoms with Crippen molar-refractivity contribution in [1.29, 1.82) is 0 Å². The minimum atomic E-state index is -0.809. The van der Waals surface area contributed by atoms with Crippen LogP contribution in [-0.2, 0) is 11.3 Å². The Morgan fingerprint density at radius 2 is 1.86 bits per heavy atom. The van der Waals surface area contributed by atoms with E-state index in [1.165, 1.54) is 16.8 Å². The van der Waals surface area contributed by atoms with E-state index in [9.17, 15) is 18.4 Å². The Kier molecular flexibility index (Phi) is 7.66. The standard InChI is InChI=1S/C20H26F2N4O2/c1-13(2)18(19(23)27)24-20(28)17-12-16(14-6-8-15(22)9-7-14)25-26(17)11-5-3-4-10-21/h6-9,12-13,18H,3-5,10-11H2,1-2H3,(H2,23,27)(H,24,28)/t18-/m0/s1. The smallest absolute Gasteiger partial charge is 0.270 e. The highest BCUT2D eigenvalue weighted by atomic mass is 19.1. The number of rotatable bonds is 10. The van der Waals surface area contributed by atoms with E-state index in [-0.39, 0.29) is 24.1 Å². The van der Waals surface area contributed by atoms with Gasteiger partial charge in [0, 0.05) is 12.1 Å². The van der Waals surface area contributed by atoms with Crippen molar-refractivity contribution in [3.8, 4) is 11.3 Å². The zero-order valence-corrected chi connectivity index (χ0v) is 16.1. The topological polar surface area (TPSA) is 90.0 Å². The summed E-state index contributed by atoms with van der Waals surface area (Å²) in [7, 11) is 0. The van der Waals surface area contributed by atoms with Gasteiger partial charge in [-0.05, 0) is 55.5 Å². The van der Waals surface area contributed by atoms with Crippen molar-refractivity contribution in [2.75, 3.05) is 6.67 Å². The normalized spacial score (nSPS) is 12.2. The molecule has 3 N–H and O–H groups in total. The summed E-state index contributed by atoms with van der Waals surface area (Å²) in [6.07, 6.45) is 1.77. The van der Waals surface area contributed by atoms with Crippen LogP contribution >= 0.6 is 0 Å². The fourth-order valence-electron chi connectivity index (χ4n) is 2.85. The summed E-state index contributed by atoms with van der Waals surface area (Å²) in [5.74, 6) is -1.62. The fraction of sp³-hybridized carbons (Fsp3) is 0.450. The second kappa shape index (κ2) is 9.96. The number of amides is 2. The third-order valence-electron chi connectivity index (χ3n) is 4.42. The zero-order chi connectivity index (χ0) is 20.7. The molecule has 0 unspecified atom stereocenters. The molecule has 6 nitrogen and oxygen atoms in total. The van der Waals surface area contributed by atoms with Gasteiger partial charge in [-0.15, -0.1) is 0 Å². The lowest BCUT2D eigenvalue weighted by Crippen LogP contribution is -2.48. The molecule has 0 saturated carbocycles. The fourth-order valence-corrected chi connectivity index (χ4v) is 2.85. The Morgan fingerprint density at radius 1 is 1.18 bits per heavy atom. The lowest BCUT2D eigenvalue weighted by molar-refractivity contribution is -0.120. The van der Waals surface area contributed by atoms with Crippen LogP contribution in [0.25, 0.3) is 11.3 Å². The third kappa shape index (κ3) is 5.61. The summed E-state index contributed by atoms with van der Waals surface area (Å²) in [5, 5.41) is 7.10. The highest BCUT2D eigenvalue weighted by Crippen LogP contribution is 2.20. The van der Waals surface area contributed by atoms with Crippen molar-refractivity contribution >= 4 is 11.8 Å². The molecule has 2 aromatic rings. The monoisotopic (exact) mass is 392 g/mol. The van der Waals surface area contributed by atoms with Crippen molar-refractivity contribution in [2.45, 2.75) is 45.7 Å². The number of hydrogen-bond acceptors (Lipinski definition) is 3. The van der Waals surface area contributed by atoms with Crippen molar-refractivity contribution in [1.82, 2.24) is 15.1 Å². The number of aryl methyl sites for hydroxylation is 1. The minimum absolute atomic E-state index is 0.168. The molecule has 0 aliphatic heterocycles. The van der Waals surface area contributed by atoms with Crippen LogP contribution < -0.4 is 11.1 Å². The number of halogens is 2. The number of unbranched alkanes of at least 4 members (excludes halogenated alkanes) is 2. The van der Waals surface area contributed by atoms with Crippen molar-refractivity contribution in [3.63, 3.8) is 0 Å². The van der Waals surface area contributed by atoms with E-state index in [1.54, 1.807) is 32.0 Å². The van der Waals surface area contributed by atoms with Crippen LogP contribution in [0.2, 0.25) is 0 Å². The van der Waals surface area contributed by atoms with Gasteiger partial charge in [-0.25, -0.2) is 4.39 Å². The molecule has 2 amide bonds. The van der Waals surface area contributed by atoms with Gasteiger partial charge in [-0.3, -0.25) is 18.7 Å². The summed E-state index contributed by atoms with van der Waals surface area (Å²) in [4.78, 5) is 24.4. The van der Waals surface area contributed by atoms with E-state index in [1.807, 2.05) is 0 Å². The molecule has 1 aromatic carbocycles. The van der Waals surface area contributed by atoms with Crippen LogP contribution in [0.1, 0.15) is 43.6 Å². The molecule has 0 aliphatic rings. The molecule has 2 rings (SSSR count). The maximum atomic E-state index is 13.2. The first-order chi connectivity index (χ1) is 13.3. The van der Waals surface area contributed by atoms with E-state index in [0.29, 0.717) is 37.1 Å². The molecule has 1 heterocycles. The van der Waals surface area contributed by atoms with E-state index in [2.05, 4.69) is 10.4 Å². The quantitative estimate of drug-likeness (QED) is 0.609. The Bertz CT molecular complexity index is 803. The van der Waals surface area contributed by atoms with Gasteiger partial charge in [0.2, 0.25) is 5.91 Å². The number of nitrogens with zero attached hydrogens (tertiary/aromatic N) is 2. The van der Waals surface area contributed by atoms with Gasteiger partial charge in [0.05, 0.1) is 12.4 Å². The van der Waals surface area contributed by atoms with Crippen molar-refractivity contribution in [2.24, 2.45) is 11.7 Å². The number of aromatic nitrogens is 2. The molecular formula is C20H26F2N4O2. The predicted molar refractivity (Wildman–Crippen MR) is 103 cm³/mol. The van der Waals surface area contributed by atoms with Gasteiger partial charge in [-0.2, -0.15) is 5.10 Å². The summed E-state index contributed by atoms with van der Waals surface area (Å²) in [5.41, 5.74) is 6.82. The Labute approximate surface area is 163 Å². The van der Waals surface area contributed by atoms with Crippen LogP contribution in [0.3, 0.4) is 0 Å². The summed E-state index contributed by atoms with van der Waals surface area (Å²) >= 11 is 0. The molecule has 28 heavy (non-hydrogen) atoms. The Balaban J connectivity index is 2.29. The lowest BCUT2D eigenvalue weighted by atomic mass is 10.0. The van der Waals surface area contributed by atoms with Crippen LogP contribution in [-0.4, -0.2) is 34.3 Å². The van der Waals surface area contributed by atoms with Gasteiger partial charge in [-0.1, -0.05) is 13.8 Å². The number of benzene rings is 1. The number of alkyl halides is 1. The van der Waals surface area contributed by atoms with E-state index < -0.39 is 17.9 Å². The third-order valence-corrected chi connectivity index (χ3v) is 4.42. The van der Waals surface area contributed by atoms with Crippen LogP contribution in [0, 0.1) is 11.7 Å². The molecule has 8 heteroatoms. The first kappa shape index (κ1) is 21.5. The number of primary amides is 1. The zero-order valence-electron chi connectivity index (χ0n) is 16.1. The molecule has 0 saturated heterocycles. The molecule has 1 atom stereocenters. The van der Waals surface area contributed by atoms with Crippen LogP contribution in [0.5, 0.6) is 0 Å². The predicted octanol–water partition coefficient (Wildman–Crippen LogP) is 3.07. The number of carbonyl (C=O) groups is 2. The largest absolute Gasteiger partial charge is 0.368 e. The SMILES string of the molecule is CC(C)[C@H](NC(=O)c1cc(-c2ccc(F)cc2)nn1CCCCCF)C(N)=O. The molecule has 0 spiro atoms. The van der Waals surface area contributed by atoms with Crippen molar-refractivity contribution in [3.05, 3.63) is 41.8 Å². The van der Waals surface area contributed by atoms with E-state index in [4.69, 9.17) is 5.73 Å². The maximum Gasteiger partial charge on any atom is 0.270 e. The van der Waals surface area contributed by atoms with Gasteiger partial charge in [0.25, 0.3) is 5.91 Å². The highest BCUT2D eigenvalue weighted by Gasteiger charge is 2.24. The Morgan fingerprint density at radius 3 is 2.43 bits per heavy atom. The molecule has 0 fully saturated rings. The van der Waals surface area contributed by atoms with Gasteiger partial charge >= 0.3 is 0 Å². The molecule has 1 aromatic heterocycles. The second-order valence-electron chi connectivity index (χ2n) is 6.99. The molecule has 0 radical (unpaired) electrons. The minimum Gasteiger partial charge on any atom is -0.368 e. The first-order valence-corrected chi connectivity index (χ1v) is 9.33. The van der Waals surface area contributed by atoms with Gasteiger partial charge in [0.15, 0.2) is 0 Å². The Hall–Kier alpha value is -2.77. The van der Waals surface area contributed by atoms with Gasteiger partial charge in [0.1, 0.15) is 17.6 Å².